The van der Waals surface area contributed by atoms with Crippen molar-refractivity contribution in [3.8, 4) is 5.75 Å². The molecule has 3 N–H and O–H groups in total. The van der Waals surface area contributed by atoms with Gasteiger partial charge in [0.2, 0.25) is 17.8 Å². The van der Waals surface area contributed by atoms with Gasteiger partial charge in [0.1, 0.15) is 5.75 Å². The maximum Gasteiger partial charge on any atom is 0.250 e. The number of nitrogens with zero attached hydrogens (tertiary/aromatic N) is 5. The Morgan fingerprint density at radius 2 is 1.66 bits per heavy atom. The molecule has 1 aliphatic rings. The van der Waals surface area contributed by atoms with Gasteiger partial charge in [0.05, 0.1) is 19.4 Å². The van der Waals surface area contributed by atoms with Crippen LogP contribution in [0.15, 0.2) is 59.7 Å². The van der Waals surface area contributed by atoms with Gasteiger partial charge in [0.15, 0.2) is 0 Å². The molecule has 0 radical (unpaired) electrons. The van der Waals surface area contributed by atoms with Crippen molar-refractivity contribution in [1.82, 2.24) is 15.0 Å². The smallest absolute Gasteiger partial charge is 0.250 e. The number of nitrogens with one attached hydrogen (secondary N) is 2. The van der Waals surface area contributed by atoms with Crippen LogP contribution in [0.4, 0.5) is 23.5 Å². The number of aromatic hydroxyl groups is 1. The monoisotopic (exact) mass is 391 g/mol. The van der Waals surface area contributed by atoms with Crippen molar-refractivity contribution in [3.05, 3.63) is 60.2 Å². The van der Waals surface area contributed by atoms with E-state index < -0.39 is 0 Å². The average Bonchev–Trinajstić information content (AvgIpc) is 2.76. The number of phenolic OH excluding ortho intramolecular Hbond substituents is 1. The summed E-state index contributed by atoms with van der Waals surface area (Å²) in [5, 5.41) is 16.8. The van der Waals surface area contributed by atoms with Gasteiger partial charge < -0.3 is 20.1 Å². The second-order valence-corrected chi connectivity index (χ2v) is 6.33. The van der Waals surface area contributed by atoms with Crippen molar-refractivity contribution in [2.75, 3.05) is 41.9 Å². The van der Waals surface area contributed by atoms with Gasteiger partial charge >= 0.3 is 0 Å². The summed E-state index contributed by atoms with van der Waals surface area (Å²) in [6.07, 6.45) is 1.63. The van der Waals surface area contributed by atoms with Gasteiger partial charge in [0.25, 0.3) is 0 Å². The molecule has 0 amide bonds. The lowest BCUT2D eigenvalue weighted by Crippen LogP contribution is -2.37. The first-order valence-corrected chi connectivity index (χ1v) is 9.25. The van der Waals surface area contributed by atoms with Crippen LogP contribution in [0.3, 0.4) is 0 Å². The van der Waals surface area contributed by atoms with E-state index in [0.29, 0.717) is 44.1 Å². The van der Waals surface area contributed by atoms with Crippen LogP contribution in [-0.2, 0) is 4.74 Å². The lowest BCUT2D eigenvalue weighted by atomic mass is 10.2. The van der Waals surface area contributed by atoms with Gasteiger partial charge in [-0.1, -0.05) is 18.2 Å². The van der Waals surface area contributed by atoms with Gasteiger partial charge in [-0.3, -0.25) is 0 Å². The quantitative estimate of drug-likeness (QED) is 0.435. The highest BCUT2D eigenvalue weighted by atomic mass is 16.5. The zero-order valence-electron chi connectivity index (χ0n) is 15.7. The zero-order valence-corrected chi connectivity index (χ0v) is 15.7. The summed E-state index contributed by atoms with van der Waals surface area (Å²) >= 11 is 0. The molecule has 148 valence electrons. The number of phenols is 1. The Kier molecular flexibility index (Phi) is 5.77. The molecule has 0 spiro atoms. The fourth-order valence-electron chi connectivity index (χ4n) is 2.75. The number of anilines is 4. The molecule has 0 unspecified atom stereocenters. The highest BCUT2D eigenvalue weighted by Crippen LogP contribution is 2.18. The third-order valence-electron chi connectivity index (χ3n) is 4.22. The number of ether oxygens (including phenoxy) is 1. The first-order chi connectivity index (χ1) is 14.3. The Hall–Kier alpha value is -3.72. The molecule has 1 saturated heterocycles. The predicted octanol–water partition coefficient (Wildman–Crippen LogP) is 2.60. The first kappa shape index (κ1) is 18.6. The molecular weight excluding hydrogens is 370 g/mol. The van der Waals surface area contributed by atoms with E-state index in [1.807, 2.05) is 30.3 Å². The fourth-order valence-corrected chi connectivity index (χ4v) is 2.75. The van der Waals surface area contributed by atoms with Crippen molar-refractivity contribution in [1.29, 1.82) is 0 Å². The highest BCUT2D eigenvalue weighted by Gasteiger charge is 2.16. The molecule has 1 aromatic heterocycles. The molecule has 1 aliphatic heterocycles. The second-order valence-electron chi connectivity index (χ2n) is 6.33. The topological polar surface area (TPSA) is 108 Å². The van der Waals surface area contributed by atoms with Crippen molar-refractivity contribution in [2.45, 2.75) is 0 Å². The lowest BCUT2D eigenvalue weighted by Gasteiger charge is -2.27. The molecule has 0 bridgehead atoms. The van der Waals surface area contributed by atoms with Crippen LogP contribution in [0, 0.1) is 0 Å². The molecule has 2 heterocycles. The number of hydrogen-bond donors (Lipinski definition) is 3. The van der Waals surface area contributed by atoms with Gasteiger partial charge in [-0.2, -0.15) is 20.1 Å². The highest BCUT2D eigenvalue weighted by molar-refractivity contribution is 5.80. The van der Waals surface area contributed by atoms with Crippen molar-refractivity contribution < 1.29 is 9.84 Å². The summed E-state index contributed by atoms with van der Waals surface area (Å²) in [7, 11) is 0. The normalized spacial score (nSPS) is 14.1. The van der Waals surface area contributed by atoms with E-state index in [4.69, 9.17) is 4.74 Å². The molecule has 9 nitrogen and oxygen atoms in total. The number of aromatic nitrogens is 3. The minimum atomic E-state index is 0.208. The van der Waals surface area contributed by atoms with Gasteiger partial charge in [-0.25, -0.2) is 5.43 Å². The minimum absolute atomic E-state index is 0.208. The predicted molar refractivity (Wildman–Crippen MR) is 112 cm³/mol. The van der Waals surface area contributed by atoms with E-state index in [1.54, 1.807) is 30.5 Å². The Labute approximate surface area is 168 Å². The number of hydrazone groups is 1. The molecule has 3 aromatic rings. The van der Waals surface area contributed by atoms with Gasteiger partial charge in [-0.05, 0) is 42.0 Å². The van der Waals surface area contributed by atoms with Crippen molar-refractivity contribution >= 4 is 29.7 Å². The fraction of sp³-hybridized carbons (Fsp3) is 0.200. The molecule has 0 atom stereocenters. The summed E-state index contributed by atoms with van der Waals surface area (Å²) in [4.78, 5) is 15.5. The van der Waals surface area contributed by atoms with E-state index in [0.717, 1.165) is 11.3 Å². The third kappa shape index (κ3) is 5.17. The summed E-state index contributed by atoms with van der Waals surface area (Å²) in [5.41, 5.74) is 4.57. The average molecular weight is 391 g/mol. The minimum Gasteiger partial charge on any atom is -0.508 e. The maximum absolute atomic E-state index is 9.36. The molecule has 1 fully saturated rings. The third-order valence-corrected chi connectivity index (χ3v) is 4.22. The van der Waals surface area contributed by atoms with E-state index >= 15 is 0 Å². The zero-order chi connectivity index (χ0) is 19.9. The van der Waals surface area contributed by atoms with Crippen molar-refractivity contribution in [3.63, 3.8) is 0 Å². The van der Waals surface area contributed by atoms with Crippen LogP contribution in [0.2, 0.25) is 0 Å². The van der Waals surface area contributed by atoms with E-state index in [9.17, 15) is 5.11 Å². The standard InChI is InChI=1S/C20H21N7O2/c28-17-8-6-15(7-9-17)14-21-26-19-23-18(22-16-4-2-1-3-5-16)24-20(25-19)27-10-12-29-13-11-27/h1-9,14,28H,10-13H2,(H2,22,23,24,25,26)/b21-14+. The van der Waals surface area contributed by atoms with Crippen LogP contribution in [0.1, 0.15) is 5.56 Å². The first-order valence-electron chi connectivity index (χ1n) is 9.25. The second kappa shape index (κ2) is 8.98. The molecule has 0 saturated carbocycles. The molecule has 2 aromatic carbocycles. The number of hydrogen-bond acceptors (Lipinski definition) is 9. The summed E-state index contributed by atoms with van der Waals surface area (Å²) in [6, 6.07) is 16.4. The maximum atomic E-state index is 9.36. The van der Waals surface area contributed by atoms with E-state index in [-0.39, 0.29) is 5.75 Å². The van der Waals surface area contributed by atoms with Gasteiger partial charge in [0, 0.05) is 18.8 Å². The molecular formula is C20H21N7O2. The van der Waals surface area contributed by atoms with E-state index in [2.05, 4.69) is 35.7 Å². The number of para-hydroxylation sites is 1. The summed E-state index contributed by atoms with van der Waals surface area (Å²) in [6.45, 7) is 2.69. The van der Waals surface area contributed by atoms with Crippen LogP contribution in [0.25, 0.3) is 0 Å². The SMILES string of the molecule is Oc1ccc(/C=N/Nc2nc(Nc3ccccc3)nc(N3CCOCC3)n2)cc1. The largest absolute Gasteiger partial charge is 0.508 e. The Morgan fingerprint density at radius 3 is 2.41 bits per heavy atom. The molecule has 29 heavy (non-hydrogen) atoms. The van der Waals surface area contributed by atoms with Crippen LogP contribution in [0.5, 0.6) is 5.75 Å². The Bertz CT molecular complexity index is 958. The van der Waals surface area contributed by atoms with Crippen molar-refractivity contribution in [2.24, 2.45) is 5.10 Å². The summed E-state index contributed by atoms with van der Waals surface area (Å²) < 4.78 is 5.41. The number of benzene rings is 2. The van der Waals surface area contributed by atoms with Crippen LogP contribution in [-0.4, -0.2) is 52.6 Å². The van der Waals surface area contributed by atoms with Gasteiger partial charge in [-0.15, -0.1) is 0 Å². The lowest BCUT2D eigenvalue weighted by molar-refractivity contribution is 0.122. The molecule has 0 aliphatic carbocycles. The Balaban J connectivity index is 1.55. The number of rotatable bonds is 6. The van der Waals surface area contributed by atoms with E-state index in [1.165, 1.54) is 0 Å². The Morgan fingerprint density at radius 1 is 0.931 bits per heavy atom. The summed E-state index contributed by atoms with van der Waals surface area (Å²) in [5.74, 6) is 1.52. The molecule has 9 heteroatoms. The van der Waals surface area contributed by atoms with Crippen LogP contribution >= 0.6 is 0 Å². The molecule has 4 rings (SSSR count). The van der Waals surface area contributed by atoms with Crippen LogP contribution < -0.4 is 15.6 Å². The number of morpholine rings is 1.